The fraction of sp³-hybridized carbons (Fsp3) is 0.267. The van der Waals surface area contributed by atoms with Gasteiger partial charge in [0.25, 0.3) is 0 Å². The van der Waals surface area contributed by atoms with E-state index in [4.69, 9.17) is 11.6 Å². The average molecular weight is 261 g/mol. The Labute approximate surface area is 113 Å². The van der Waals surface area contributed by atoms with Gasteiger partial charge >= 0.3 is 0 Å². The van der Waals surface area contributed by atoms with Crippen LogP contribution in [0.1, 0.15) is 29.9 Å². The van der Waals surface area contributed by atoms with Gasteiger partial charge in [0, 0.05) is 23.3 Å². The highest BCUT2D eigenvalue weighted by atomic mass is 35.5. The van der Waals surface area contributed by atoms with Gasteiger partial charge in [0.05, 0.1) is 5.69 Å². The standard InChI is InChI=1S/C15H17ClN2/c1-11-6-5-7-13(18-11)10-17-12(2)14-8-3-4-9-15(14)16/h3-9,12,17H,10H2,1-2H3. The summed E-state index contributed by atoms with van der Waals surface area (Å²) in [6.07, 6.45) is 0. The van der Waals surface area contributed by atoms with Crippen molar-refractivity contribution in [2.24, 2.45) is 0 Å². The van der Waals surface area contributed by atoms with Crippen molar-refractivity contribution < 1.29 is 0 Å². The van der Waals surface area contributed by atoms with Crippen LogP contribution in [0.15, 0.2) is 42.5 Å². The molecule has 0 saturated carbocycles. The van der Waals surface area contributed by atoms with Gasteiger partial charge in [-0.25, -0.2) is 0 Å². The lowest BCUT2D eigenvalue weighted by molar-refractivity contribution is 0.567. The van der Waals surface area contributed by atoms with Crippen LogP contribution in [0.5, 0.6) is 0 Å². The second-order valence-electron chi connectivity index (χ2n) is 4.39. The fourth-order valence-corrected chi connectivity index (χ4v) is 2.19. The van der Waals surface area contributed by atoms with Gasteiger partial charge in [-0.3, -0.25) is 4.98 Å². The Morgan fingerprint density at radius 2 is 1.94 bits per heavy atom. The summed E-state index contributed by atoms with van der Waals surface area (Å²) in [6.45, 7) is 4.85. The van der Waals surface area contributed by atoms with E-state index in [-0.39, 0.29) is 6.04 Å². The van der Waals surface area contributed by atoms with Crippen LogP contribution in [0.2, 0.25) is 5.02 Å². The Kier molecular flexibility index (Phi) is 4.34. The first kappa shape index (κ1) is 13.1. The van der Waals surface area contributed by atoms with Gasteiger partial charge in [-0.2, -0.15) is 0 Å². The molecule has 0 aliphatic carbocycles. The molecule has 18 heavy (non-hydrogen) atoms. The van der Waals surface area contributed by atoms with Crippen molar-refractivity contribution in [2.75, 3.05) is 0 Å². The Morgan fingerprint density at radius 1 is 1.17 bits per heavy atom. The zero-order chi connectivity index (χ0) is 13.0. The third kappa shape index (κ3) is 3.31. The van der Waals surface area contributed by atoms with Gasteiger partial charge in [0.2, 0.25) is 0 Å². The smallest absolute Gasteiger partial charge is 0.0545 e. The summed E-state index contributed by atoms with van der Waals surface area (Å²) in [5.41, 5.74) is 3.21. The van der Waals surface area contributed by atoms with Crippen molar-refractivity contribution >= 4 is 11.6 Å². The van der Waals surface area contributed by atoms with Crippen molar-refractivity contribution in [2.45, 2.75) is 26.4 Å². The Bertz CT molecular complexity index is 525. The number of pyridine rings is 1. The molecule has 3 heteroatoms. The minimum absolute atomic E-state index is 0.209. The van der Waals surface area contributed by atoms with E-state index in [2.05, 4.69) is 17.2 Å². The van der Waals surface area contributed by atoms with Gasteiger partial charge in [-0.1, -0.05) is 35.9 Å². The number of aromatic nitrogens is 1. The molecule has 0 spiro atoms. The van der Waals surface area contributed by atoms with Crippen molar-refractivity contribution in [3.05, 3.63) is 64.4 Å². The molecule has 2 aromatic rings. The molecule has 0 bridgehead atoms. The molecule has 2 nitrogen and oxygen atoms in total. The van der Waals surface area contributed by atoms with E-state index in [1.165, 1.54) is 0 Å². The van der Waals surface area contributed by atoms with Crippen molar-refractivity contribution in [1.82, 2.24) is 10.3 Å². The van der Waals surface area contributed by atoms with Gasteiger partial charge in [0.1, 0.15) is 0 Å². The fourth-order valence-electron chi connectivity index (χ4n) is 1.89. The predicted octanol–water partition coefficient (Wildman–Crippen LogP) is 3.89. The van der Waals surface area contributed by atoms with Gasteiger partial charge in [-0.05, 0) is 37.6 Å². The average Bonchev–Trinajstić information content (AvgIpc) is 2.37. The van der Waals surface area contributed by atoms with Crippen LogP contribution in [-0.4, -0.2) is 4.98 Å². The number of aryl methyl sites for hydroxylation is 1. The molecule has 1 aromatic carbocycles. The summed E-state index contributed by atoms with van der Waals surface area (Å²) in [5, 5.41) is 4.24. The van der Waals surface area contributed by atoms with E-state index < -0.39 is 0 Å². The molecular formula is C15H17ClN2. The summed E-state index contributed by atoms with van der Waals surface area (Å²) >= 11 is 6.17. The highest BCUT2D eigenvalue weighted by Gasteiger charge is 2.08. The van der Waals surface area contributed by atoms with Crippen LogP contribution in [0, 0.1) is 6.92 Å². The number of hydrogen-bond donors (Lipinski definition) is 1. The van der Waals surface area contributed by atoms with Gasteiger partial charge in [0.15, 0.2) is 0 Å². The second kappa shape index (κ2) is 5.98. The Morgan fingerprint density at radius 3 is 2.67 bits per heavy atom. The molecule has 0 fully saturated rings. The molecule has 2 rings (SSSR count). The lowest BCUT2D eigenvalue weighted by Gasteiger charge is -2.15. The normalized spacial score (nSPS) is 12.4. The maximum Gasteiger partial charge on any atom is 0.0545 e. The highest BCUT2D eigenvalue weighted by Crippen LogP contribution is 2.22. The first-order valence-corrected chi connectivity index (χ1v) is 6.45. The molecule has 94 valence electrons. The molecule has 1 unspecified atom stereocenters. The molecule has 0 radical (unpaired) electrons. The van der Waals surface area contributed by atoms with Crippen LogP contribution < -0.4 is 5.32 Å². The lowest BCUT2D eigenvalue weighted by Crippen LogP contribution is -2.19. The maximum absolute atomic E-state index is 6.17. The molecule has 0 aliphatic rings. The van der Waals surface area contributed by atoms with Crippen LogP contribution in [0.4, 0.5) is 0 Å². The third-order valence-corrected chi connectivity index (χ3v) is 3.25. The van der Waals surface area contributed by atoms with E-state index in [0.29, 0.717) is 0 Å². The van der Waals surface area contributed by atoms with Crippen LogP contribution in [0.25, 0.3) is 0 Å². The van der Waals surface area contributed by atoms with E-state index in [0.717, 1.165) is 28.5 Å². The van der Waals surface area contributed by atoms with E-state index in [1.807, 2.05) is 49.4 Å². The number of nitrogens with zero attached hydrogens (tertiary/aromatic N) is 1. The lowest BCUT2D eigenvalue weighted by atomic mass is 10.1. The number of rotatable bonds is 4. The molecule has 1 aromatic heterocycles. The monoisotopic (exact) mass is 260 g/mol. The molecule has 0 saturated heterocycles. The molecule has 1 heterocycles. The molecule has 0 amide bonds. The first-order chi connectivity index (χ1) is 8.66. The van der Waals surface area contributed by atoms with Crippen molar-refractivity contribution in [1.29, 1.82) is 0 Å². The first-order valence-electron chi connectivity index (χ1n) is 6.07. The summed E-state index contributed by atoms with van der Waals surface area (Å²) in [7, 11) is 0. The molecule has 1 N–H and O–H groups in total. The summed E-state index contributed by atoms with van der Waals surface area (Å²) in [6, 6.07) is 14.2. The zero-order valence-corrected chi connectivity index (χ0v) is 11.4. The summed E-state index contributed by atoms with van der Waals surface area (Å²) in [4.78, 5) is 4.47. The quantitative estimate of drug-likeness (QED) is 0.902. The maximum atomic E-state index is 6.17. The Balaban J connectivity index is 2.00. The largest absolute Gasteiger partial charge is 0.305 e. The van der Waals surface area contributed by atoms with Crippen molar-refractivity contribution in [3.63, 3.8) is 0 Å². The predicted molar refractivity (Wildman–Crippen MR) is 75.7 cm³/mol. The number of nitrogens with one attached hydrogen (secondary N) is 1. The minimum atomic E-state index is 0.209. The Hall–Kier alpha value is -1.38. The van der Waals surface area contributed by atoms with Crippen LogP contribution >= 0.6 is 11.6 Å². The second-order valence-corrected chi connectivity index (χ2v) is 4.80. The SMILES string of the molecule is Cc1cccc(CNC(C)c2ccccc2Cl)n1. The van der Waals surface area contributed by atoms with E-state index in [1.54, 1.807) is 0 Å². The van der Waals surface area contributed by atoms with E-state index in [9.17, 15) is 0 Å². The van der Waals surface area contributed by atoms with Gasteiger partial charge in [-0.15, -0.1) is 0 Å². The van der Waals surface area contributed by atoms with Crippen molar-refractivity contribution in [3.8, 4) is 0 Å². The summed E-state index contributed by atoms with van der Waals surface area (Å²) < 4.78 is 0. The third-order valence-electron chi connectivity index (χ3n) is 2.91. The van der Waals surface area contributed by atoms with Crippen LogP contribution in [-0.2, 0) is 6.54 Å². The molecule has 0 aliphatic heterocycles. The zero-order valence-electron chi connectivity index (χ0n) is 10.7. The number of hydrogen-bond acceptors (Lipinski definition) is 2. The van der Waals surface area contributed by atoms with Crippen LogP contribution in [0.3, 0.4) is 0 Å². The molecule has 1 atom stereocenters. The number of benzene rings is 1. The molecular weight excluding hydrogens is 244 g/mol. The summed E-state index contributed by atoms with van der Waals surface area (Å²) in [5.74, 6) is 0. The topological polar surface area (TPSA) is 24.9 Å². The van der Waals surface area contributed by atoms with Gasteiger partial charge < -0.3 is 5.32 Å². The highest BCUT2D eigenvalue weighted by molar-refractivity contribution is 6.31. The minimum Gasteiger partial charge on any atom is -0.305 e. The van der Waals surface area contributed by atoms with E-state index >= 15 is 0 Å². The number of halogens is 1.